The van der Waals surface area contributed by atoms with Crippen molar-refractivity contribution in [2.24, 2.45) is 0 Å². The molecule has 0 aliphatic heterocycles. The predicted octanol–water partition coefficient (Wildman–Crippen LogP) is 3.09. The molecule has 0 spiro atoms. The van der Waals surface area contributed by atoms with Gasteiger partial charge in [0.15, 0.2) is 5.78 Å². The van der Waals surface area contributed by atoms with Crippen molar-refractivity contribution in [3.8, 4) is 17.2 Å². The second-order valence-corrected chi connectivity index (χ2v) is 3.99. The van der Waals surface area contributed by atoms with Crippen molar-refractivity contribution in [1.29, 1.82) is 0 Å². The molecule has 1 N–H and O–H groups in total. The monoisotopic (exact) mass is 243 g/mol. The Bertz CT molecular complexity index is 576. The van der Waals surface area contributed by atoms with Crippen LogP contribution in [0.3, 0.4) is 0 Å². The number of nitrogens with zero attached hydrogens (tertiary/aromatic N) is 1. The number of rotatable bonds is 3. The number of aromatic nitrogens is 1. The normalized spacial score (nSPS) is 10.1. The van der Waals surface area contributed by atoms with E-state index in [1.54, 1.807) is 24.4 Å². The summed E-state index contributed by atoms with van der Waals surface area (Å²) >= 11 is 0. The molecule has 1 aromatic heterocycles. The molecule has 0 unspecified atom stereocenters. The first-order valence-electron chi connectivity index (χ1n) is 5.51. The first-order valence-corrected chi connectivity index (χ1v) is 5.51. The van der Waals surface area contributed by atoms with Gasteiger partial charge in [-0.1, -0.05) is 0 Å². The van der Waals surface area contributed by atoms with Gasteiger partial charge in [0.25, 0.3) is 0 Å². The van der Waals surface area contributed by atoms with Crippen LogP contribution in [0.2, 0.25) is 0 Å². The molecule has 0 atom stereocenters. The van der Waals surface area contributed by atoms with Crippen molar-refractivity contribution in [3.63, 3.8) is 0 Å². The lowest BCUT2D eigenvalue weighted by atomic mass is 10.2. The van der Waals surface area contributed by atoms with Gasteiger partial charge in [-0.15, -0.1) is 0 Å². The van der Waals surface area contributed by atoms with Crippen molar-refractivity contribution >= 4 is 5.78 Å². The molecule has 0 radical (unpaired) electrons. The number of benzene rings is 1. The summed E-state index contributed by atoms with van der Waals surface area (Å²) in [5.41, 5.74) is 1.21. The van der Waals surface area contributed by atoms with Crippen LogP contribution in [0.5, 0.6) is 17.2 Å². The van der Waals surface area contributed by atoms with E-state index >= 15 is 0 Å². The summed E-state index contributed by atoms with van der Waals surface area (Å²) in [4.78, 5) is 15.3. The zero-order valence-corrected chi connectivity index (χ0v) is 10.2. The molecule has 2 aromatic rings. The fourth-order valence-corrected chi connectivity index (χ4v) is 1.45. The number of hydrogen-bond acceptors (Lipinski definition) is 4. The maximum atomic E-state index is 11.3. The Balaban J connectivity index is 2.30. The molecule has 0 fully saturated rings. The molecular weight excluding hydrogens is 230 g/mol. The molecule has 1 heterocycles. The van der Waals surface area contributed by atoms with Gasteiger partial charge in [-0.3, -0.25) is 9.78 Å². The molecule has 1 aromatic carbocycles. The van der Waals surface area contributed by atoms with Crippen molar-refractivity contribution in [2.45, 2.75) is 13.8 Å². The molecule has 0 saturated carbocycles. The van der Waals surface area contributed by atoms with Gasteiger partial charge in [0.2, 0.25) is 0 Å². The summed E-state index contributed by atoms with van der Waals surface area (Å²) in [6, 6.07) is 8.01. The first kappa shape index (κ1) is 12.1. The minimum atomic E-state index is -0.106. The molecule has 0 saturated heterocycles. The molecule has 4 nitrogen and oxygen atoms in total. The smallest absolute Gasteiger partial charge is 0.178 e. The molecule has 2 rings (SSSR count). The van der Waals surface area contributed by atoms with E-state index in [1.807, 2.05) is 6.92 Å². The van der Waals surface area contributed by atoms with Crippen LogP contribution in [0.4, 0.5) is 0 Å². The van der Waals surface area contributed by atoms with E-state index in [0.717, 1.165) is 5.56 Å². The summed E-state index contributed by atoms with van der Waals surface area (Å²) in [7, 11) is 0. The van der Waals surface area contributed by atoms with Crippen molar-refractivity contribution < 1.29 is 14.6 Å². The Morgan fingerprint density at radius 1 is 1.28 bits per heavy atom. The minimum Gasteiger partial charge on any atom is -0.508 e. The second-order valence-electron chi connectivity index (χ2n) is 3.99. The van der Waals surface area contributed by atoms with Crippen LogP contribution in [0.15, 0.2) is 36.5 Å². The van der Waals surface area contributed by atoms with E-state index in [2.05, 4.69) is 4.98 Å². The van der Waals surface area contributed by atoms with E-state index in [0.29, 0.717) is 17.2 Å². The Labute approximate surface area is 105 Å². The van der Waals surface area contributed by atoms with Gasteiger partial charge in [0.1, 0.15) is 22.9 Å². The number of ketones is 1. The SMILES string of the molecule is CC(=O)c1cc(Oc2ccc(O)cc2)c(C)cn1. The second kappa shape index (κ2) is 4.87. The van der Waals surface area contributed by atoms with Crippen LogP contribution in [-0.2, 0) is 0 Å². The van der Waals surface area contributed by atoms with Crippen molar-refractivity contribution in [1.82, 2.24) is 4.98 Å². The number of aryl methyl sites for hydroxylation is 1. The molecule has 92 valence electrons. The highest BCUT2D eigenvalue weighted by Crippen LogP contribution is 2.26. The van der Waals surface area contributed by atoms with Crippen LogP contribution in [0.1, 0.15) is 23.0 Å². The third-order valence-electron chi connectivity index (χ3n) is 2.48. The highest BCUT2D eigenvalue weighted by Gasteiger charge is 2.07. The topological polar surface area (TPSA) is 59.4 Å². The van der Waals surface area contributed by atoms with Gasteiger partial charge in [-0.25, -0.2) is 0 Å². The molecule has 18 heavy (non-hydrogen) atoms. The van der Waals surface area contributed by atoms with Gasteiger partial charge in [-0.05, 0) is 31.2 Å². The van der Waals surface area contributed by atoms with Crippen LogP contribution in [0.25, 0.3) is 0 Å². The summed E-state index contributed by atoms with van der Waals surface area (Å²) in [6.45, 7) is 3.31. The van der Waals surface area contributed by atoms with Crippen LogP contribution in [0, 0.1) is 6.92 Å². The lowest BCUT2D eigenvalue weighted by Crippen LogP contribution is -1.98. The van der Waals surface area contributed by atoms with Gasteiger partial charge in [0, 0.05) is 24.8 Å². The number of ether oxygens (including phenoxy) is 1. The highest BCUT2D eigenvalue weighted by atomic mass is 16.5. The van der Waals surface area contributed by atoms with Crippen molar-refractivity contribution in [3.05, 3.63) is 47.8 Å². The summed E-state index contributed by atoms with van der Waals surface area (Å²) < 4.78 is 5.65. The molecule has 0 aliphatic rings. The average molecular weight is 243 g/mol. The first-order chi connectivity index (χ1) is 8.56. The standard InChI is InChI=1S/C14H13NO3/c1-9-8-15-13(10(2)16)7-14(9)18-12-5-3-11(17)4-6-12/h3-8,17H,1-2H3. The fourth-order valence-electron chi connectivity index (χ4n) is 1.45. The predicted molar refractivity (Wildman–Crippen MR) is 67.2 cm³/mol. The lowest BCUT2D eigenvalue weighted by molar-refractivity contribution is 0.101. The fraction of sp³-hybridized carbons (Fsp3) is 0.143. The van der Waals surface area contributed by atoms with E-state index in [-0.39, 0.29) is 11.5 Å². The molecule has 0 aliphatic carbocycles. The number of phenolic OH excluding ortho intramolecular Hbond substituents is 1. The Kier molecular flexibility index (Phi) is 3.28. The summed E-state index contributed by atoms with van der Waals surface area (Å²) in [5.74, 6) is 1.25. The Morgan fingerprint density at radius 2 is 1.94 bits per heavy atom. The zero-order chi connectivity index (χ0) is 13.1. The zero-order valence-electron chi connectivity index (χ0n) is 10.2. The number of pyridine rings is 1. The summed E-state index contributed by atoms with van der Waals surface area (Å²) in [5, 5.41) is 9.18. The maximum Gasteiger partial charge on any atom is 0.178 e. The van der Waals surface area contributed by atoms with E-state index in [1.165, 1.54) is 19.1 Å². The average Bonchev–Trinajstić information content (AvgIpc) is 2.34. The lowest BCUT2D eigenvalue weighted by Gasteiger charge is -2.09. The van der Waals surface area contributed by atoms with Gasteiger partial charge in [0.05, 0.1) is 0 Å². The number of Topliss-reactive ketones (excluding diaryl/α,β-unsaturated/α-hetero) is 1. The number of carbonyl (C=O) groups is 1. The number of phenols is 1. The number of aromatic hydroxyl groups is 1. The van der Waals surface area contributed by atoms with E-state index < -0.39 is 0 Å². The van der Waals surface area contributed by atoms with Crippen LogP contribution < -0.4 is 4.74 Å². The highest BCUT2D eigenvalue weighted by molar-refractivity contribution is 5.92. The Hall–Kier alpha value is -2.36. The van der Waals surface area contributed by atoms with Gasteiger partial charge < -0.3 is 9.84 Å². The quantitative estimate of drug-likeness (QED) is 0.841. The number of hydrogen-bond donors (Lipinski definition) is 1. The molecule has 4 heteroatoms. The van der Waals surface area contributed by atoms with Gasteiger partial charge >= 0.3 is 0 Å². The third-order valence-corrected chi connectivity index (χ3v) is 2.48. The minimum absolute atomic E-state index is 0.106. The molecular formula is C14H13NO3. The van der Waals surface area contributed by atoms with E-state index in [4.69, 9.17) is 4.74 Å². The Morgan fingerprint density at radius 3 is 2.56 bits per heavy atom. The van der Waals surface area contributed by atoms with Crippen molar-refractivity contribution in [2.75, 3.05) is 0 Å². The van der Waals surface area contributed by atoms with Crippen LogP contribution >= 0.6 is 0 Å². The number of carbonyl (C=O) groups excluding carboxylic acids is 1. The largest absolute Gasteiger partial charge is 0.508 e. The molecule has 0 bridgehead atoms. The maximum absolute atomic E-state index is 11.3. The van der Waals surface area contributed by atoms with E-state index in [9.17, 15) is 9.90 Å². The van der Waals surface area contributed by atoms with Gasteiger partial charge in [-0.2, -0.15) is 0 Å². The summed E-state index contributed by atoms with van der Waals surface area (Å²) in [6.07, 6.45) is 1.60. The molecule has 0 amide bonds. The van der Waals surface area contributed by atoms with Crippen LogP contribution in [-0.4, -0.2) is 15.9 Å². The third kappa shape index (κ3) is 2.66.